The zero-order valence-electron chi connectivity index (χ0n) is 9.03. The van der Waals surface area contributed by atoms with Gasteiger partial charge < -0.3 is 0 Å². The molecule has 88 valence electrons. The van der Waals surface area contributed by atoms with E-state index in [1.54, 1.807) is 0 Å². The summed E-state index contributed by atoms with van der Waals surface area (Å²) in [6, 6.07) is 16.4. The molecule has 0 fully saturated rings. The first-order valence-corrected chi connectivity index (χ1v) is 7.05. The fraction of sp³-hybridized carbons (Fsp3) is 0.0769. The summed E-state index contributed by atoms with van der Waals surface area (Å²) in [7, 11) is 0. The lowest BCUT2D eigenvalue weighted by atomic mass is 9.99. The van der Waals surface area contributed by atoms with E-state index in [1.165, 1.54) is 3.57 Å². The van der Waals surface area contributed by atoms with Crippen molar-refractivity contribution in [3.63, 3.8) is 0 Å². The molecular formula is C13H12BrIN2. The fourth-order valence-electron chi connectivity index (χ4n) is 1.75. The van der Waals surface area contributed by atoms with Gasteiger partial charge in [-0.25, -0.2) is 5.43 Å². The quantitative estimate of drug-likeness (QED) is 0.467. The minimum Gasteiger partial charge on any atom is -0.271 e. The van der Waals surface area contributed by atoms with E-state index in [9.17, 15) is 0 Å². The van der Waals surface area contributed by atoms with Crippen molar-refractivity contribution < 1.29 is 0 Å². The summed E-state index contributed by atoms with van der Waals surface area (Å²) in [5.41, 5.74) is 5.16. The van der Waals surface area contributed by atoms with E-state index in [0.29, 0.717) is 0 Å². The van der Waals surface area contributed by atoms with Gasteiger partial charge in [0.25, 0.3) is 0 Å². The number of halogens is 2. The van der Waals surface area contributed by atoms with Crippen LogP contribution in [0.1, 0.15) is 17.2 Å². The maximum absolute atomic E-state index is 5.68. The van der Waals surface area contributed by atoms with Crippen molar-refractivity contribution in [3.05, 3.63) is 67.7 Å². The van der Waals surface area contributed by atoms with Gasteiger partial charge >= 0.3 is 0 Å². The predicted octanol–water partition coefficient (Wildman–Crippen LogP) is 3.61. The third kappa shape index (κ3) is 3.07. The van der Waals surface area contributed by atoms with E-state index < -0.39 is 0 Å². The zero-order valence-corrected chi connectivity index (χ0v) is 12.8. The first kappa shape index (κ1) is 13.0. The summed E-state index contributed by atoms with van der Waals surface area (Å²) in [5.74, 6) is 5.68. The maximum atomic E-state index is 5.68. The number of rotatable bonds is 3. The normalized spacial score (nSPS) is 12.4. The van der Waals surface area contributed by atoms with E-state index in [-0.39, 0.29) is 6.04 Å². The first-order valence-electron chi connectivity index (χ1n) is 5.18. The van der Waals surface area contributed by atoms with E-state index >= 15 is 0 Å². The van der Waals surface area contributed by atoms with E-state index in [0.717, 1.165) is 15.6 Å². The van der Waals surface area contributed by atoms with Gasteiger partial charge in [-0.15, -0.1) is 0 Å². The topological polar surface area (TPSA) is 38.0 Å². The van der Waals surface area contributed by atoms with Crippen LogP contribution in [0.5, 0.6) is 0 Å². The zero-order chi connectivity index (χ0) is 12.3. The van der Waals surface area contributed by atoms with Crippen molar-refractivity contribution >= 4 is 38.5 Å². The highest BCUT2D eigenvalue weighted by molar-refractivity contribution is 14.1. The van der Waals surface area contributed by atoms with Gasteiger partial charge in [-0.2, -0.15) is 0 Å². The molecule has 0 amide bonds. The van der Waals surface area contributed by atoms with Gasteiger partial charge in [0.15, 0.2) is 0 Å². The molecule has 0 saturated heterocycles. The molecule has 0 saturated carbocycles. The Bertz CT molecular complexity index is 502. The number of hydrogen-bond acceptors (Lipinski definition) is 2. The molecule has 1 atom stereocenters. The molecule has 0 radical (unpaired) electrons. The third-order valence-electron chi connectivity index (χ3n) is 2.57. The lowest BCUT2D eigenvalue weighted by Gasteiger charge is -2.18. The van der Waals surface area contributed by atoms with E-state index in [4.69, 9.17) is 5.84 Å². The third-order valence-corrected chi connectivity index (χ3v) is 3.96. The van der Waals surface area contributed by atoms with Crippen LogP contribution in [-0.4, -0.2) is 0 Å². The van der Waals surface area contributed by atoms with Crippen LogP contribution in [0.15, 0.2) is 53.0 Å². The number of nitrogens with two attached hydrogens (primary N) is 1. The van der Waals surface area contributed by atoms with Gasteiger partial charge in [0, 0.05) is 8.04 Å². The minimum absolute atomic E-state index is 0.000269. The molecule has 0 aliphatic carbocycles. The van der Waals surface area contributed by atoms with Crippen LogP contribution in [0.3, 0.4) is 0 Å². The molecule has 0 heterocycles. The summed E-state index contributed by atoms with van der Waals surface area (Å²) < 4.78 is 2.25. The number of hydrazine groups is 1. The largest absolute Gasteiger partial charge is 0.271 e. The summed E-state index contributed by atoms with van der Waals surface area (Å²) in [4.78, 5) is 0. The average molecular weight is 403 g/mol. The Hall–Kier alpha value is -0.430. The van der Waals surface area contributed by atoms with Crippen LogP contribution in [0, 0.1) is 3.57 Å². The SMILES string of the molecule is NNC(c1ccccc1)c1cc(I)ccc1Br. The smallest absolute Gasteiger partial charge is 0.0721 e. The van der Waals surface area contributed by atoms with Crippen molar-refractivity contribution in [2.45, 2.75) is 6.04 Å². The minimum atomic E-state index is 0.000269. The second kappa shape index (κ2) is 5.95. The molecule has 2 aromatic carbocycles. The van der Waals surface area contributed by atoms with Crippen LogP contribution in [0.25, 0.3) is 0 Å². The van der Waals surface area contributed by atoms with Crippen LogP contribution in [0.2, 0.25) is 0 Å². The maximum Gasteiger partial charge on any atom is 0.0721 e. The Morgan fingerprint density at radius 1 is 1.12 bits per heavy atom. The number of benzene rings is 2. The van der Waals surface area contributed by atoms with Gasteiger partial charge in [-0.05, 0) is 51.9 Å². The van der Waals surface area contributed by atoms with Gasteiger partial charge in [-0.3, -0.25) is 5.84 Å². The molecule has 1 unspecified atom stereocenters. The van der Waals surface area contributed by atoms with E-state index in [1.807, 2.05) is 24.3 Å². The summed E-state index contributed by atoms with van der Waals surface area (Å²) in [6.45, 7) is 0. The lowest BCUT2D eigenvalue weighted by molar-refractivity contribution is 0.634. The Balaban J connectivity index is 2.46. The molecule has 0 aliphatic heterocycles. The van der Waals surface area contributed by atoms with E-state index in [2.05, 4.69) is 68.2 Å². The van der Waals surface area contributed by atoms with Crippen molar-refractivity contribution in [2.24, 2.45) is 5.84 Å². The van der Waals surface area contributed by atoms with Gasteiger partial charge in [0.1, 0.15) is 0 Å². The second-order valence-electron chi connectivity index (χ2n) is 3.68. The second-order valence-corrected chi connectivity index (χ2v) is 5.78. The highest BCUT2D eigenvalue weighted by Gasteiger charge is 2.15. The van der Waals surface area contributed by atoms with Gasteiger partial charge in [-0.1, -0.05) is 46.3 Å². The highest BCUT2D eigenvalue weighted by Crippen LogP contribution is 2.29. The molecule has 2 nitrogen and oxygen atoms in total. The Kier molecular flexibility index (Phi) is 4.55. The van der Waals surface area contributed by atoms with Crippen molar-refractivity contribution in [3.8, 4) is 0 Å². The molecule has 0 aliphatic rings. The lowest BCUT2D eigenvalue weighted by Crippen LogP contribution is -2.29. The summed E-state index contributed by atoms with van der Waals surface area (Å²) >= 11 is 5.87. The van der Waals surface area contributed by atoms with Crippen molar-refractivity contribution in [1.82, 2.24) is 5.43 Å². The molecule has 4 heteroatoms. The van der Waals surface area contributed by atoms with Crippen LogP contribution in [-0.2, 0) is 0 Å². The van der Waals surface area contributed by atoms with Crippen LogP contribution in [0.4, 0.5) is 0 Å². The number of hydrogen-bond donors (Lipinski definition) is 2. The Morgan fingerprint density at radius 2 is 1.82 bits per heavy atom. The molecule has 0 spiro atoms. The molecule has 17 heavy (non-hydrogen) atoms. The molecule has 2 rings (SSSR count). The standard InChI is InChI=1S/C13H12BrIN2/c14-12-7-6-10(15)8-11(12)13(17-16)9-4-2-1-3-5-9/h1-8,13,17H,16H2. The Morgan fingerprint density at radius 3 is 2.47 bits per heavy atom. The molecule has 0 aromatic heterocycles. The Labute approximate surface area is 123 Å². The number of nitrogens with one attached hydrogen (secondary N) is 1. The first-order chi connectivity index (χ1) is 8.22. The molecule has 0 bridgehead atoms. The monoisotopic (exact) mass is 402 g/mol. The molecular weight excluding hydrogens is 391 g/mol. The fourth-order valence-corrected chi connectivity index (χ4v) is 2.74. The summed E-state index contributed by atoms with van der Waals surface area (Å²) in [5, 5.41) is 0. The van der Waals surface area contributed by atoms with Gasteiger partial charge in [0.2, 0.25) is 0 Å². The predicted molar refractivity (Wildman–Crippen MR) is 82.5 cm³/mol. The van der Waals surface area contributed by atoms with Crippen molar-refractivity contribution in [2.75, 3.05) is 0 Å². The van der Waals surface area contributed by atoms with Crippen LogP contribution < -0.4 is 11.3 Å². The highest BCUT2D eigenvalue weighted by atomic mass is 127. The molecule has 2 aromatic rings. The van der Waals surface area contributed by atoms with Gasteiger partial charge in [0.05, 0.1) is 6.04 Å². The molecule has 3 N–H and O–H groups in total. The average Bonchev–Trinajstić information content (AvgIpc) is 2.36. The van der Waals surface area contributed by atoms with Crippen LogP contribution >= 0.6 is 38.5 Å². The summed E-state index contributed by atoms with van der Waals surface area (Å²) in [6.07, 6.45) is 0. The van der Waals surface area contributed by atoms with Crippen molar-refractivity contribution in [1.29, 1.82) is 0 Å².